The number of carboxylic acid groups (broad SMARTS) is 1. The molecule has 0 radical (unpaired) electrons. The number of nitrogens with zero attached hydrogens (tertiary/aromatic N) is 1. The van der Waals surface area contributed by atoms with Crippen LogP contribution in [0.1, 0.15) is 13.8 Å². The molecule has 3 atom stereocenters. The van der Waals surface area contributed by atoms with Gasteiger partial charge in [0.15, 0.2) is 0 Å². The van der Waals surface area contributed by atoms with E-state index in [1.807, 2.05) is 0 Å². The van der Waals surface area contributed by atoms with Crippen LogP contribution in [-0.2, 0) is 9.59 Å². The van der Waals surface area contributed by atoms with Crippen LogP contribution in [0.25, 0.3) is 0 Å². The summed E-state index contributed by atoms with van der Waals surface area (Å²) in [6.07, 6.45) is 0. The van der Waals surface area contributed by atoms with Gasteiger partial charge < -0.3 is 20.6 Å². The van der Waals surface area contributed by atoms with Crippen molar-refractivity contribution in [2.75, 3.05) is 20.1 Å². The number of urea groups is 1. The fourth-order valence-electron chi connectivity index (χ4n) is 2.01. The number of aliphatic carboxylic acids is 1. The molecule has 1 rings (SSSR count). The summed E-state index contributed by atoms with van der Waals surface area (Å²) in [4.78, 5) is 35.5. The molecule has 1 unspecified atom stereocenters. The molecule has 0 aliphatic carbocycles. The maximum absolute atomic E-state index is 11.8. The molecule has 0 bridgehead atoms. The van der Waals surface area contributed by atoms with Crippen molar-refractivity contribution in [1.82, 2.24) is 15.5 Å². The fraction of sp³-hybridized carbons (Fsp3) is 0.727. The van der Waals surface area contributed by atoms with Crippen LogP contribution in [0.2, 0.25) is 0 Å². The van der Waals surface area contributed by atoms with E-state index in [1.54, 1.807) is 13.8 Å². The van der Waals surface area contributed by atoms with E-state index in [2.05, 4.69) is 10.6 Å². The Labute approximate surface area is 106 Å². The van der Waals surface area contributed by atoms with Crippen LogP contribution in [-0.4, -0.2) is 54.1 Å². The van der Waals surface area contributed by atoms with Gasteiger partial charge in [-0.2, -0.15) is 0 Å². The number of amides is 3. The zero-order valence-electron chi connectivity index (χ0n) is 10.8. The van der Waals surface area contributed by atoms with Crippen LogP contribution in [0.5, 0.6) is 0 Å². The molecule has 3 amide bonds. The molecule has 0 aromatic heterocycles. The van der Waals surface area contributed by atoms with Crippen LogP contribution >= 0.6 is 0 Å². The predicted molar refractivity (Wildman–Crippen MR) is 63.9 cm³/mol. The Balaban J connectivity index is 2.54. The first-order valence-corrected chi connectivity index (χ1v) is 5.86. The van der Waals surface area contributed by atoms with Crippen molar-refractivity contribution < 1.29 is 19.5 Å². The summed E-state index contributed by atoms with van der Waals surface area (Å²) in [6, 6.07) is -1.04. The number of likely N-dealkylation sites (tertiary alicyclic amines) is 1. The lowest BCUT2D eigenvalue weighted by Crippen LogP contribution is -2.48. The summed E-state index contributed by atoms with van der Waals surface area (Å²) in [5.74, 6) is -1.79. The van der Waals surface area contributed by atoms with E-state index in [0.717, 1.165) is 0 Å². The summed E-state index contributed by atoms with van der Waals surface area (Å²) in [5.41, 5.74) is 0. The Morgan fingerprint density at radius 2 is 1.94 bits per heavy atom. The third-order valence-electron chi connectivity index (χ3n) is 3.20. The second-order valence-electron chi connectivity index (χ2n) is 4.61. The van der Waals surface area contributed by atoms with E-state index in [-0.39, 0.29) is 18.4 Å². The van der Waals surface area contributed by atoms with Crippen molar-refractivity contribution in [1.29, 1.82) is 0 Å². The maximum Gasteiger partial charge on any atom is 0.318 e. The first-order valence-electron chi connectivity index (χ1n) is 5.86. The molecule has 7 nitrogen and oxygen atoms in total. The first kappa shape index (κ1) is 14.3. The second-order valence-corrected chi connectivity index (χ2v) is 4.61. The van der Waals surface area contributed by atoms with Crippen LogP contribution in [0, 0.1) is 11.8 Å². The quantitative estimate of drug-likeness (QED) is 0.633. The molecule has 0 spiro atoms. The van der Waals surface area contributed by atoms with Gasteiger partial charge in [-0.3, -0.25) is 9.59 Å². The molecule has 18 heavy (non-hydrogen) atoms. The third kappa shape index (κ3) is 3.12. The SMILES string of the molecule is CNC(=O)C(C)NC(=O)N1C[C@@H](C)[C@H](C(=O)O)C1. The number of carbonyl (C=O) groups is 3. The summed E-state index contributed by atoms with van der Waals surface area (Å²) in [7, 11) is 1.49. The number of likely N-dealkylation sites (N-methyl/N-ethyl adjacent to an activating group) is 1. The minimum Gasteiger partial charge on any atom is -0.481 e. The number of nitrogens with one attached hydrogen (secondary N) is 2. The summed E-state index contributed by atoms with van der Waals surface area (Å²) in [6.45, 7) is 3.95. The zero-order valence-corrected chi connectivity index (χ0v) is 10.8. The summed E-state index contributed by atoms with van der Waals surface area (Å²) >= 11 is 0. The lowest BCUT2D eigenvalue weighted by molar-refractivity contribution is -0.142. The van der Waals surface area contributed by atoms with E-state index in [9.17, 15) is 14.4 Å². The molecule has 1 fully saturated rings. The van der Waals surface area contributed by atoms with E-state index in [1.165, 1.54) is 11.9 Å². The van der Waals surface area contributed by atoms with Gasteiger partial charge >= 0.3 is 12.0 Å². The largest absolute Gasteiger partial charge is 0.481 e. The molecule has 1 saturated heterocycles. The fourth-order valence-corrected chi connectivity index (χ4v) is 2.01. The summed E-state index contributed by atoms with van der Waals surface area (Å²) in [5, 5.41) is 13.9. The minimum atomic E-state index is -0.892. The second kappa shape index (κ2) is 5.70. The minimum absolute atomic E-state index is 0.0800. The highest BCUT2D eigenvalue weighted by Gasteiger charge is 2.37. The van der Waals surface area contributed by atoms with Gasteiger partial charge in [0.1, 0.15) is 6.04 Å². The molecule has 0 aromatic rings. The van der Waals surface area contributed by atoms with Crippen LogP contribution in [0.3, 0.4) is 0 Å². The molecule has 1 aliphatic rings. The Kier molecular flexibility index (Phi) is 4.52. The number of hydrogen-bond donors (Lipinski definition) is 3. The van der Waals surface area contributed by atoms with Crippen LogP contribution < -0.4 is 10.6 Å². The van der Waals surface area contributed by atoms with Crippen molar-refractivity contribution in [3.05, 3.63) is 0 Å². The van der Waals surface area contributed by atoms with Crippen molar-refractivity contribution in [3.63, 3.8) is 0 Å². The zero-order chi connectivity index (χ0) is 13.9. The van der Waals surface area contributed by atoms with Crippen molar-refractivity contribution in [3.8, 4) is 0 Å². The van der Waals surface area contributed by atoms with E-state index >= 15 is 0 Å². The molecule has 1 heterocycles. The maximum atomic E-state index is 11.8. The summed E-state index contributed by atoms with van der Waals surface area (Å²) < 4.78 is 0. The molecular formula is C11H19N3O4. The van der Waals surface area contributed by atoms with Gasteiger partial charge in [-0.25, -0.2) is 4.79 Å². The first-order chi connectivity index (χ1) is 8.36. The highest BCUT2D eigenvalue weighted by molar-refractivity contribution is 5.86. The van der Waals surface area contributed by atoms with Crippen LogP contribution in [0.15, 0.2) is 0 Å². The molecule has 3 N–H and O–H groups in total. The van der Waals surface area contributed by atoms with E-state index in [0.29, 0.717) is 6.54 Å². The Morgan fingerprint density at radius 1 is 1.33 bits per heavy atom. The average Bonchev–Trinajstić information content (AvgIpc) is 2.70. The Bertz CT molecular complexity index is 358. The number of carboxylic acids is 1. The van der Waals surface area contributed by atoms with Crippen LogP contribution in [0.4, 0.5) is 4.79 Å². The van der Waals surface area contributed by atoms with Gasteiger partial charge in [-0.05, 0) is 12.8 Å². The molecule has 0 saturated carbocycles. The normalized spacial score (nSPS) is 24.5. The van der Waals surface area contributed by atoms with E-state index in [4.69, 9.17) is 5.11 Å². The van der Waals surface area contributed by atoms with Gasteiger partial charge in [-0.1, -0.05) is 6.92 Å². The van der Waals surface area contributed by atoms with Crippen molar-refractivity contribution in [2.24, 2.45) is 11.8 Å². The Hall–Kier alpha value is -1.79. The third-order valence-corrected chi connectivity index (χ3v) is 3.20. The standard InChI is InChI=1S/C11H19N3O4/c1-6-4-14(5-8(6)10(16)17)11(18)13-7(2)9(15)12-3/h6-8H,4-5H2,1-3H3,(H,12,15)(H,13,18)(H,16,17)/t6-,7?,8-/m1/s1. The molecule has 1 aliphatic heterocycles. The lowest BCUT2D eigenvalue weighted by atomic mass is 9.99. The topological polar surface area (TPSA) is 98.7 Å². The number of hydrogen-bond acceptors (Lipinski definition) is 3. The van der Waals surface area contributed by atoms with Gasteiger partial charge in [0.05, 0.1) is 5.92 Å². The molecule has 7 heteroatoms. The van der Waals surface area contributed by atoms with Gasteiger partial charge in [0.25, 0.3) is 0 Å². The van der Waals surface area contributed by atoms with Crippen molar-refractivity contribution >= 4 is 17.9 Å². The average molecular weight is 257 g/mol. The van der Waals surface area contributed by atoms with Gasteiger partial charge in [-0.15, -0.1) is 0 Å². The molecule has 0 aromatic carbocycles. The van der Waals surface area contributed by atoms with Gasteiger partial charge in [0, 0.05) is 20.1 Å². The lowest BCUT2D eigenvalue weighted by Gasteiger charge is -2.19. The van der Waals surface area contributed by atoms with Crippen molar-refractivity contribution in [2.45, 2.75) is 19.9 Å². The number of rotatable bonds is 3. The molecule has 102 valence electrons. The van der Waals surface area contributed by atoms with E-state index < -0.39 is 24.0 Å². The highest BCUT2D eigenvalue weighted by atomic mass is 16.4. The Morgan fingerprint density at radius 3 is 2.39 bits per heavy atom. The smallest absolute Gasteiger partial charge is 0.318 e. The predicted octanol–water partition coefficient (Wildman–Crippen LogP) is -0.517. The highest BCUT2D eigenvalue weighted by Crippen LogP contribution is 2.22. The monoisotopic (exact) mass is 257 g/mol. The number of carbonyl (C=O) groups excluding carboxylic acids is 2. The van der Waals surface area contributed by atoms with Gasteiger partial charge in [0.2, 0.25) is 5.91 Å². The molecular weight excluding hydrogens is 238 g/mol.